The van der Waals surface area contributed by atoms with Crippen molar-refractivity contribution >= 4 is 0 Å². The fraction of sp³-hybridized carbons (Fsp3) is 0.667. The van der Waals surface area contributed by atoms with Gasteiger partial charge in [0.1, 0.15) is 11.9 Å². The lowest BCUT2D eigenvalue weighted by Gasteiger charge is -2.48. The van der Waals surface area contributed by atoms with Crippen molar-refractivity contribution in [2.45, 2.75) is 72.0 Å². The van der Waals surface area contributed by atoms with Crippen LogP contribution >= 0.6 is 0 Å². The fourth-order valence-electron chi connectivity index (χ4n) is 2.70. The topological polar surface area (TPSA) is 29.5 Å². The monoisotopic (exact) mass is 276 g/mol. The number of aliphatic hydroxyl groups is 1. The van der Waals surface area contributed by atoms with Crippen LogP contribution in [0.2, 0.25) is 0 Å². The SMILES string of the molecule is CCc1ccc(OC2CC(O)C2(C)C)c(C(C)(C)C)c1. The van der Waals surface area contributed by atoms with Crippen molar-refractivity contribution in [3.8, 4) is 5.75 Å². The van der Waals surface area contributed by atoms with Gasteiger partial charge in [0.25, 0.3) is 0 Å². The van der Waals surface area contributed by atoms with E-state index in [1.54, 1.807) is 0 Å². The van der Waals surface area contributed by atoms with E-state index >= 15 is 0 Å². The Labute approximate surface area is 123 Å². The van der Waals surface area contributed by atoms with E-state index in [-0.39, 0.29) is 23.0 Å². The highest BCUT2D eigenvalue weighted by molar-refractivity contribution is 5.42. The van der Waals surface area contributed by atoms with Crippen LogP contribution in [0.5, 0.6) is 5.75 Å². The van der Waals surface area contributed by atoms with Gasteiger partial charge in [0.2, 0.25) is 0 Å². The predicted molar refractivity (Wildman–Crippen MR) is 83.3 cm³/mol. The third kappa shape index (κ3) is 2.71. The fourth-order valence-corrected chi connectivity index (χ4v) is 2.70. The molecular weight excluding hydrogens is 248 g/mol. The number of ether oxygens (including phenoxy) is 1. The zero-order chi connectivity index (χ0) is 15.1. The number of benzene rings is 1. The Bertz CT molecular complexity index is 483. The van der Waals surface area contributed by atoms with Gasteiger partial charge in [-0.05, 0) is 29.0 Å². The van der Waals surface area contributed by atoms with Crippen molar-refractivity contribution in [3.63, 3.8) is 0 Å². The molecule has 2 atom stereocenters. The van der Waals surface area contributed by atoms with Crippen LogP contribution in [0.1, 0.15) is 59.1 Å². The van der Waals surface area contributed by atoms with E-state index < -0.39 is 0 Å². The van der Waals surface area contributed by atoms with E-state index in [9.17, 15) is 5.11 Å². The van der Waals surface area contributed by atoms with Gasteiger partial charge in [0.05, 0.1) is 6.10 Å². The average Bonchev–Trinajstić information content (AvgIpc) is 2.37. The Kier molecular flexibility index (Phi) is 3.90. The molecule has 0 aromatic heterocycles. The molecule has 1 saturated carbocycles. The molecule has 0 heterocycles. The van der Waals surface area contributed by atoms with Crippen LogP contribution in [0.3, 0.4) is 0 Å². The maximum atomic E-state index is 9.86. The third-order valence-corrected chi connectivity index (χ3v) is 4.66. The summed E-state index contributed by atoms with van der Waals surface area (Å²) in [6.07, 6.45) is 1.62. The van der Waals surface area contributed by atoms with Crippen LogP contribution in [-0.2, 0) is 11.8 Å². The van der Waals surface area contributed by atoms with Gasteiger partial charge in [-0.25, -0.2) is 0 Å². The van der Waals surface area contributed by atoms with Crippen LogP contribution in [0.25, 0.3) is 0 Å². The lowest BCUT2D eigenvalue weighted by Crippen LogP contribution is -2.56. The summed E-state index contributed by atoms with van der Waals surface area (Å²) >= 11 is 0. The molecule has 1 aromatic rings. The number of hydrogen-bond acceptors (Lipinski definition) is 2. The average molecular weight is 276 g/mol. The van der Waals surface area contributed by atoms with E-state index in [1.165, 1.54) is 11.1 Å². The minimum absolute atomic E-state index is 0.0625. The molecule has 0 amide bonds. The van der Waals surface area contributed by atoms with Crippen molar-refractivity contribution in [1.82, 2.24) is 0 Å². The molecule has 2 rings (SSSR count). The molecule has 2 heteroatoms. The molecule has 1 N–H and O–H groups in total. The summed E-state index contributed by atoms with van der Waals surface area (Å²) in [7, 11) is 0. The van der Waals surface area contributed by atoms with E-state index in [2.05, 4.69) is 59.7 Å². The Morgan fingerprint density at radius 1 is 1.30 bits per heavy atom. The number of aryl methyl sites for hydroxylation is 1. The third-order valence-electron chi connectivity index (χ3n) is 4.66. The lowest BCUT2D eigenvalue weighted by molar-refractivity contribution is -0.134. The summed E-state index contributed by atoms with van der Waals surface area (Å²) in [6.45, 7) is 13.0. The summed E-state index contributed by atoms with van der Waals surface area (Å²) < 4.78 is 6.23. The summed E-state index contributed by atoms with van der Waals surface area (Å²) in [5.41, 5.74) is 2.51. The van der Waals surface area contributed by atoms with Gasteiger partial charge in [-0.3, -0.25) is 0 Å². The Hall–Kier alpha value is -1.02. The normalized spacial score (nSPS) is 25.1. The molecule has 0 aliphatic heterocycles. The van der Waals surface area contributed by atoms with Crippen molar-refractivity contribution in [3.05, 3.63) is 29.3 Å². The van der Waals surface area contributed by atoms with E-state index in [0.717, 1.165) is 18.6 Å². The maximum Gasteiger partial charge on any atom is 0.123 e. The largest absolute Gasteiger partial charge is 0.489 e. The minimum atomic E-state index is -0.250. The Morgan fingerprint density at radius 2 is 1.95 bits per heavy atom. The Balaban J connectivity index is 2.28. The van der Waals surface area contributed by atoms with Gasteiger partial charge in [0.15, 0.2) is 0 Å². The van der Waals surface area contributed by atoms with E-state index in [4.69, 9.17) is 4.74 Å². The van der Waals surface area contributed by atoms with Gasteiger partial charge >= 0.3 is 0 Å². The first-order chi connectivity index (χ1) is 9.16. The van der Waals surface area contributed by atoms with E-state index in [1.807, 2.05) is 0 Å². The molecule has 1 aliphatic carbocycles. The van der Waals surface area contributed by atoms with Gasteiger partial charge in [-0.2, -0.15) is 0 Å². The molecule has 0 spiro atoms. The molecule has 0 radical (unpaired) electrons. The Morgan fingerprint density at radius 3 is 2.40 bits per heavy atom. The van der Waals surface area contributed by atoms with Gasteiger partial charge < -0.3 is 9.84 Å². The molecule has 20 heavy (non-hydrogen) atoms. The van der Waals surface area contributed by atoms with Crippen molar-refractivity contribution in [1.29, 1.82) is 0 Å². The standard InChI is InChI=1S/C18H28O2/c1-7-12-8-9-14(13(10-12)17(2,3)4)20-16-11-15(19)18(16,5)6/h8-10,15-16,19H,7,11H2,1-6H3. The van der Waals surface area contributed by atoms with Crippen molar-refractivity contribution < 1.29 is 9.84 Å². The first-order valence-electron chi connectivity index (χ1n) is 7.64. The van der Waals surface area contributed by atoms with Crippen LogP contribution in [0.4, 0.5) is 0 Å². The van der Waals surface area contributed by atoms with Crippen molar-refractivity contribution in [2.24, 2.45) is 5.41 Å². The van der Waals surface area contributed by atoms with Crippen LogP contribution < -0.4 is 4.74 Å². The number of hydrogen-bond donors (Lipinski definition) is 1. The summed E-state index contributed by atoms with van der Waals surface area (Å²) in [5.74, 6) is 0.972. The molecule has 2 nitrogen and oxygen atoms in total. The lowest BCUT2D eigenvalue weighted by atomic mass is 9.66. The number of aliphatic hydroxyl groups excluding tert-OH is 1. The zero-order valence-corrected chi connectivity index (χ0v) is 13.7. The molecule has 0 bridgehead atoms. The summed E-state index contributed by atoms with van der Waals surface area (Å²) in [6, 6.07) is 6.50. The second kappa shape index (κ2) is 5.07. The van der Waals surface area contributed by atoms with E-state index in [0.29, 0.717) is 0 Å². The molecule has 1 fully saturated rings. The quantitative estimate of drug-likeness (QED) is 0.901. The summed E-state index contributed by atoms with van der Waals surface area (Å²) in [4.78, 5) is 0. The van der Waals surface area contributed by atoms with Crippen LogP contribution in [0, 0.1) is 5.41 Å². The smallest absolute Gasteiger partial charge is 0.123 e. The van der Waals surface area contributed by atoms with Gasteiger partial charge in [-0.15, -0.1) is 0 Å². The van der Waals surface area contributed by atoms with Gasteiger partial charge in [0, 0.05) is 11.8 Å². The predicted octanol–water partition coefficient (Wildman–Crippen LogP) is 4.08. The maximum absolute atomic E-state index is 9.86. The van der Waals surface area contributed by atoms with Gasteiger partial charge in [-0.1, -0.05) is 53.7 Å². The highest BCUT2D eigenvalue weighted by Crippen LogP contribution is 2.44. The molecule has 0 saturated heterocycles. The molecule has 1 aliphatic rings. The summed E-state index contributed by atoms with van der Waals surface area (Å²) in [5, 5.41) is 9.86. The van der Waals surface area contributed by atoms with Crippen LogP contribution in [-0.4, -0.2) is 17.3 Å². The second-order valence-corrected chi connectivity index (χ2v) is 7.61. The number of rotatable bonds is 3. The molecule has 1 aromatic carbocycles. The van der Waals surface area contributed by atoms with Crippen LogP contribution in [0.15, 0.2) is 18.2 Å². The first kappa shape index (κ1) is 15.4. The second-order valence-electron chi connectivity index (χ2n) is 7.61. The first-order valence-corrected chi connectivity index (χ1v) is 7.64. The highest BCUT2D eigenvalue weighted by atomic mass is 16.5. The highest BCUT2D eigenvalue weighted by Gasteiger charge is 2.49. The molecule has 2 unspecified atom stereocenters. The molecular formula is C18H28O2. The van der Waals surface area contributed by atoms with Crippen molar-refractivity contribution in [2.75, 3.05) is 0 Å². The zero-order valence-electron chi connectivity index (χ0n) is 13.7. The molecule has 112 valence electrons. The minimum Gasteiger partial charge on any atom is -0.489 e.